The van der Waals surface area contributed by atoms with E-state index in [4.69, 9.17) is 0 Å². The number of aryl methyl sites for hydroxylation is 2. The molecule has 0 aromatic heterocycles. The van der Waals surface area contributed by atoms with Crippen LogP contribution in [0.1, 0.15) is 24.0 Å². The minimum absolute atomic E-state index is 0. The van der Waals surface area contributed by atoms with Crippen molar-refractivity contribution in [1.29, 1.82) is 0 Å². The van der Waals surface area contributed by atoms with Gasteiger partial charge in [-0.05, 0) is 0 Å². The first-order valence-electron chi connectivity index (χ1n) is 3.95. The maximum absolute atomic E-state index is 3.12. The zero-order valence-corrected chi connectivity index (χ0v) is 7.90. The third kappa shape index (κ3) is 1.88. The molecule has 1 heteroatoms. The number of rotatable bonds is 0. The summed E-state index contributed by atoms with van der Waals surface area (Å²) >= 11 is 0. The zero-order chi connectivity index (χ0) is 6.81. The summed E-state index contributed by atoms with van der Waals surface area (Å²) in [6.45, 7) is 0. The van der Waals surface area contributed by atoms with Crippen molar-refractivity contribution in [2.45, 2.75) is 25.7 Å². The number of hydrogen-bond donors (Lipinski definition) is 0. The molecule has 0 aliphatic heterocycles. The quantitative estimate of drug-likeness (QED) is 0.540. The van der Waals surface area contributed by atoms with Crippen molar-refractivity contribution in [3.8, 4) is 0 Å². The van der Waals surface area contributed by atoms with Gasteiger partial charge in [0, 0.05) is 18.6 Å². The van der Waals surface area contributed by atoms with Crippen molar-refractivity contribution in [1.82, 2.24) is 0 Å². The molecule has 0 unspecified atom stereocenters. The Hall–Kier alpha value is -0.196. The van der Waals surface area contributed by atoms with Crippen molar-refractivity contribution in [3.05, 3.63) is 35.4 Å². The van der Waals surface area contributed by atoms with Crippen LogP contribution in [0, 0.1) is 6.07 Å². The van der Waals surface area contributed by atoms with E-state index in [2.05, 4.69) is 18.2 Å². The second-order valence-corrected chi connectivity index (χ2v) is 2.90. The van der Waals surface area contributed by atoms with E-state index in [1.165, 1.54) is 31.2 Å². The van der Waals surface area contributed by atoms with E-state index < -0.39 is 0 Å². The molecule has 0 fully saturated rings. The van der Waals surface area contributed by atoms with Gasteiger partial charge < -0.3 is 0 Å². The average molecular weight is 182 g/mol. The molecule has 11 heavy (non-hydrogen) atoms. The molecule has 1 aromatic rings. The van der Waals surface area contributed by atoms with Crippen LogP contribution in [0.15, 0.2) is 18.2 Å². The molecule has 0 atom stereocenters. The molecule has 57 valence electrons. The molecule has 1 aromatic carbocycles. The SMILES string of the molecule is [V].[c-]1ccc2c(c1)CCCC2. The number of benzene rings is 1. The van der Waals surface area contributed by atoms with E-state index in [0.29, 0.717) is 0 Å². The van der Waals surface area contributed by atoms with Crippen LogP contribution < -0.4 is 0 Å². The summed E-state index contributed by atoms with van der Waals surface area (Å²) in [4.78, 5) is 0. The summed E-state index contributed by atoms with van der Waals surface area (Å²) in [6, 6.07) is 9.47. The van der Waals surface area contributed by atoms with E-state index in [1.54, 1.807) is 5.56 Å². The largest absolute Gasteiger partial charge is 0.184 e. The van der Waals surface area contributed by atoms with Gasteiger partial charge in [0.05, 0.1) is 0 Å². The first kappa shape index (κ1) is 8.90. The summed E-state index contributed by atoms with van der Waals surface area (Å²) in [7, 11) is 0. The molecule has 2 rings (SSSR count). The first-order chi connectivity index (χ1) is 4.97. The molecule has 0 spiro atoms. The predicted molar refractivity (Wildman–Crippen MR) is 41.9 cm³/mol. The van der Waals surface area contributed by atoms with E-state index in [1.807, 2.05) is 6.07 Å². The molecule has 0 bridgehead atoms. The van der Waals surface area contributed by atoms with Crippen LogP contribution in [0.2, 0.25) is 0 Å². The fourth-order valence-electron chi connectivity index (χ4n) is 1.60. The summed E-state index contributed by atoms with van der Waals surface area (Å²) in [5.41, 5.74) is 3.07. The van der Waals surface area contributed by atoms with Crippen LogP contribution in [0.5, 0.6) is 0 Å². The van der Waals surface area contributed by atoms with Crippen LogP contribution in [-0.4, -0.2) is 0 Å². The van der Waals surface area contributed by atoms with Crippen molar-refractivity contribution in [2.24, 2.45) is 0 Å². The molecule has 0 saturated heterocycles. The zero-order valence-electron chi connectivity index (χ0n) is 6.51. The summed E-state index contributed by atoms with van der Waals surface area (Å²) in [6.07, 6.45) is 5.29. The average Bonchev–Trinajstić information content (AvgIpc) is 2.05. The Morgan fingerprint density at radius 3 is 2.55 bits per heavy atom. The monoisotopic (exact) mass is 182 g/mol. The Labute approximate surface area is 79.9 Å². The third-order valence-electron chi connectivity index (χ3n) is 2.19. The molecule has 0 nitrogen and oxygen atoms in total. The van der Waals surface area contributed by atoms with Gasteiger partial charge in [-0.3, -0.25) is 0 Å². The molecule has 1 radical (unpaired) electrons. The van der Waals surface area contributed by atoms with Gasteiger partial charge in [-0.25, -0.2) is 0 Å². The first-order valence-corrected chi connectivity index (χ1v) is 3.95. The Balaban J connectivity index is 0.000000605. The topological polar surface area (TPSA) is 0 Å². The van der Waals surface area contributed by atoms with Crippen LogP contribution in [-0.2, 0) is 31.4 Å². The van der Waals surface area contributed by atoms with Gasteiger partial charge in [0.25, 0.3) is 0 Å². The Bertz CT molecular complexity index is 205. The minimum Gasteiger partial charge on any atom is -0.184 e. The Morgan fingerprint density at radius 2 is 1.82 bits per heavy atom. The van der Waals surface area contributed by atoms with Crippen LogP contribution in [0.3, 0.4) is 0 Å². The molecular formula is C10H11V-. The number of fused-ring (bicyclic) bond motifs is 1. The van der Waals surface area contributed by atoms with Crippen molar-refractivity contribution >= 4 is 0 Å². The van der Waals surface area contributed by atoms with Gasteiger partial charge in [0.15, 0.2) is 0 Å². The van der Waals surface area contributed by atoms with E-state index in [9.17, 15) is 0 Å². The van der Waals surface area contributed by atoms with Gasteiger partial charge in [-0.15, -0.1) is 0 Å². The molecule has 0 saturated carbocycles. The second-order valence-electron chi connectivity index (χ2n) is 2.90. The van der Waals surface area contributed by atoms with Crippen molar-refractivity contribution < 1.29 is 18.6 Å². The normalized spacial score (nSPS) is 14.9. The van der Waals surface area contributed by atoms with Gasteiger partial charge in [-0.2, -0.15) is 35.4 Å². The standard InChI is InChI=1S/C10H11.V/c1-2-6-10-8-4-3-7-9(10)5-1;/h1,5-6H,3-4,7-8H2;/q-1;. The van der Waals surface area contributed by atoms with E-state index >= 15 is 0 Å². The summed E-state index contributed by atoms with van der Waals surface area (Å²) in [5, 5.41) is 0. The molecule has 1 aliphatic rings. The maximum atomic E-state index is 3.12. The molecular weight excluding hydrogens is 171 g/mol. The predicted octanol–water partition coefficient (Wildman–Crippen LogP) is 2.36. The molecule has 0 heterocycles. The third-order valence-corrected chi connectivity index (χ3v) is 2.19. The van der Waals surface area contributed by atoms with Crippen LogP contribution >= 0.6 is 0 Å². The van der Waals surface area contributed by atoms with Gasteiger partial charge in [0.2, 0.25) is 0 Å². The van der Waals surface area contributed by atoms with Crippen LogP contribution in [0.4, 0.5) is 0 Å². The van der Waals surface area contributed by atoms with Crippen molar-refractivity contribution in [2.75, 3.05) is 0 Å². The number of hydrogen-bond acceptors (Lipinski definition) is 0. The molecule has 0 N–H and O–H groups in total. The summed E-state index contributed by atoms with van der Waals surface area (Å²) < 4.78 is 0. The smallest absolute Gasteiger partial charge is 0 e. The molecule has 0 amide bonds. The fraction of sp³-hybridized carbons (Fsp3) is 0.400. The van der Waals surface area contributed by atoms with Gasteiger partial charge >= 0.3 is 0 Å². The Morgan fingerprint density at radius 1 is 1.09 bits per heavy atom. The minimum atomic E-state index is 0. The van der Waals surface area contributed by atoms with Crippen LogP contribution in [0.25, 0.3) is 0 Å². The van der Waals surface area contributed by atoms with E-state index in [0.717, 1.165) is 0 Å². The Kier molecular flexibility index (Phi) is 3.23. The maximum Gasteiger partial charge on any atom is 0 e. The fourth-order valence-corrected chi connectivity index (χ4v) is 1.60. The van der Waals surface area contributed by atoms with Gasteiger partial charge in [-0.1, -0.05) is 25.7 Å². The second kappa shape index (κ2) is 3.99. The van der Waals surface area contributed by atoms with Gasteiger partial charge in [0.1, 0.15) is 0 Å². The summed E-state index contributed by atoms with van der Waals surface area (Å²) in [5.74, 6) is 0. The molecule has 1 aliphatic carbocycles. The van der Waals surface area contributed by atoms with Crippen molar-refractivity contribution in [3.63, 3.8) is 0 Å². The van der Waals surface area contributed by atoms with E-state index in [-0.39, 0.29) is 18.6 Å².